The maximum absolute atomic E-state index is 8.88. The van der Waals surface area contributed by atoms with Crippen LogP contribution in [0.25, 0.3) is 0 Å². The zero-order valence-corrected chi connectivity index (χ0v) is 27.0. The Balaban J connectivity index is -0.000000531. The van der Waals surface area contributed by atoms with Crippen LogP contribution in [-0.2, 0) is 9.30 Å². The van der Waals surface area contributed by atoms with Crippen LogP contribution in [0.3, 0.4) is 0 Å². The third-order valence-corrected chi connectivity index (χ3v) is 6.75. The molecular formula is C30H68NO5P. The predicted octanol–water partition coefficient (Wildman–Crippen LogP) is 8.98. The van der Waals surface area contributed by atoms with E-state index in [0.29, 0.717) is 0 Å². The predicted molar refractivity (Wildman–Crippen MR) is 162 cm³/mol. The van der Waals surface area contributed by atoms with Crippen LogP contribution in [0.1, 0.15) is 150 Å². The molecule has 228 valence electrons. The molecular weight excluding hydrogens is 485 g/mol. The molecule has 0 aromatic carbocycles. The maximum Gasteiger partial charge on any atom is 0.466 e. The Morgan fingerprint density at radius 2 is 0.919 bits per heavy atom. The van der Waals surface area contributed by atoms with E-state index in [2.05, 4.69) is 53.6 Å². The summed E-state index contributed by atoms with van der Waals surface area (Å²) in [5.41, 5.74) is 0. The van der Waals surface area contributed by atoms with Crippen molar-refractivity contribution >= 4 is 7.82 Å². The van der Waals surface area contributed by atoms with Gasteiger partial charge in [0.25, 0.3) is 0 Å². The van der Waals surface area contributed by atoms with Crippen LogP contribution in [0.15, 0.2) is 0 Å². The van der Waals surface area contributed by atoms with E-state index in [1.165, 1.54) is 122 Å². The first-order valence-corrected chi connectivity index (χ1v) is 17.1. The van der Waals surface area contributed by atoms with E-state index in [9.17, 15) is 0 Å². The molecule has 0 aromatic heterocycles. The highest BCUT2D eigenvalue weighted by molar-refractivity contribution is 7.45. The summed E-state index contributed by atoms with van der Waals surface area (Å²) >= 11 is 0. The van der Waals surface area contributed by atoms with Gasteiger partial charge in [0.05, 0.1) is 0 Å². The van der Waals surface area contributed by atoms with Crippen molar-refractivity contribution in [1.29, 1.82) is 0 Å². The lowest BCUT2D eigenvalue weighted by Gasteiger charge is -2.18. The zero-order chi connectivity index (χ0) is 28.8. The highest BCUT2D eigenvalue weighted by Crippen LogP contribution is 2.25. The maximum atomic E-state index is 8.88. The molecule has 7 heteroatoms. The van der Waals surface area contributed by atoms with Crippen LogP contribution in [0, 0.1) is 11.8 Å². The summed E-state index contributed by atoms with van der Waals surface area (Å²) in [7, 11) is -0.318. The van der Waals surface area contributed by atoms with Crippen molar-refractivity contribution in [2.24, 2.45) is 11.8 Å². The summed E-state index contributed by atoms with van der Waals surface area (Å²) in [6.45, 7) is 14.6. The van der Waals surface area contributed by atoms with Crippen molar-refractivity contribution in [2.45, 2.75) is 150 Å². The molecule has 0 aliphatic rings. The molecule has 37 heavy (non-hydrogen) atoms. The van der Waals surface area contributed by atoms with Crippen molar-refractivity contribution < 1.29 is 24.0 Å². The summed E-state index contributed by atoms with van der Waals surface area (Å²) in [6, 6.07) is 0. The molecule has 0 rings (SSSR count). The number of hydrogen-bond acceptors (Lipinski definition) is 3. The lowest BCUT2D eigenvalue weighted by Crippen LogP contribution is -2.14. The third kappa shape index (κ3) is 46.3. The van der Waals surface area contributed by atoms with Crippen LogP contribution in [0.5, 0.6) is 0 Å². The second-order valence-corrected chi connectivity index (χ2v) is 11.9. The van der Waals surface area contributed by atoms with E-state index in [1.807, 2.05) is 0 Å². The van der Waals surface area contributed by atoms with Crippen molar-refractivity contribution in [2.75, 3.05) is 33.9 Å². The van der Waals surface area contributed by atoms with E-state index in [0.717, 1.165) is 25.0 Å². The molecule has 0 amide bonds. The minimum Gasteiger partial charge on any atom is -0.381 e. The molecule has 6 nitrogen and oxygen atoms in total. The summed E-state index contributed by atoms with van der Waals surface area (Å²) in [6.07, 6.45) is 24.9. The van der Waals surface area contributed by atoms with Crippen LogP contribution < -0.4 is 0 Å². The first kappa shape index (κ1) is 41.5. The Labute approximate surface area is 232 Å². The molecule has 3 N–H and O–H groups in total. The Morgan fingerprint density at radius 1 is 0.595 bits per heavy atom. The van der Waals surface area contributed by atoms with E-state index in [-0.39, 0.29) is 0 Å². The van der Waals surface area contributed by atoms with Gasteiger partial charge in [0.15, 0.2) is 0 Å². The topological polar surface area (TPSA) is 90.2 Å². The van der Waals surface area contributed by atoms with E-state index in [1.54, 1.807) is 0 Å². The zero-order valence-electron chi connectivity index (χ0n) is 26.1. The summed E-state index contributed by atoms with van der Waals surface area (Å²) in [4.78, 5) is 23.8. The lowest BCUT2D eigenvalue weighted by atomic mass is 9.99. The van der Waals surface area contributed by atoms with Gasteiger partial charge in [-0.3, -0.25) is 0 Å². The third-order valence-electron chi connectivity index (χ3n) is 6.75. The quantitative estimate of drug-likeness (QED) is 0.0864. The van der Waals surface area contributed by atoms with Gasteiger partial charge in [0.1, 0.15) is 0 Å². The number of phosphoric acid groups is 1. The van der Waals surface area contributed by atoms with Crippen LogP contribution >= 0.6 is 7.82 Å². The van der Waals surface area contributed by atoms with Crippen molar-refractivity contribution in [3.8, 4) is 0 Å². The molecule has 0 spiro atoms. The van der Waals surface area contributed by atoms with E-state index >= 15 is 0 Å². The van der Waals surface area contributed by atoms with Gasteiger partial charge in [-0.05, 0) is 51.7 Å². The standard InChI is InChI=1S/C16H34O.C14H31N.H3O4P/c1-5-9-11-15(7-3)13-17-14-16(8-4)12-10-6-2;1-4-5-6-7-8-9-10-11-12-13-14-15(2)3;1-5(2,3)4/h15-16H,5-14H2,1-4H3;4-14H2,1-3H3;(H3,1,2,3,4). The summed E-state index contributed by atoms with van der Waals surface area (Å²) in [5.74, 6) is 1.58. The van der Waals surface area contributed by atoms with Gasteiger partial charge in [-0.25, -0.2) is 4.57 Å². The number of hydrogen-bond donors (Lipinski definition) is 3. The van der Waals surface area contributed by atoms with Gasteiger partial charge in [-0.1, -0.05) is 131 Å². The van der Waals surface area contributed by atoms with Crippen molar-refractivity contribution in [3.63, 3.8) is 0 Å². The van der Waals surface area contributed by atoms with Crippen molar-refractivity contribution in [1.82, 2.24) is 4.90 Å². The Morgan fingerprint density at radius 3 is 1.22 bits per heavy atom. The van der Waals surface area contributed by atoms with Crippen LogP contribution in [-0.4, -0.2) is 53.4 Å². The van der Waals surface area contributed by atoms with Gasteiger partial charge in [-0.15, -0.1) is 0 Å². The largest absolute Gasteiger partial charge is 0.466 e. The van der Waals surface area contributed by atoms with Gasteiger partial charge >= 0.3 is 7.82 Å². The first-order valence-electron chi connectivity index (χ1n) is 15.6. The van der Waals surface area contributed by atoms with Gasteiger partial charge in [-0.2, -0.15) is 0 Å². The molecule has 0 saturated carbocycles. The van der Waals surface area contributed by atoms with Crippen LogP contribution in [0.4, 0.5) is 0 Å². The summed E-state index contributed by atoms with van der Waals surface area (Å²) < 4.78 is 14.8. The minimum atomic E-state index is -4.64. The Bertz CT molecular complexity index is 435. The molecule has 0 aliphatic carbocycles. The smallest absolute Gasteiger partial charge is 0.381 e. The number of rotatable bonds is 23. The second-order valence-electron chi connectivity index (χ2n) is 10.9. The molecule has 0 bridgehead atoms. The van der Waals surface area contributed by atoms with Crippen molar-refractivity contribution in [3.05, 3.63) is 0 Å². The number of nitrogens with zero attached hydrogens (tertiary/aromatic N) is 1. The van der Waals surface area contributed by atoms with E-state index < -0.39 is 7.82 Å². The average Bonchev–Trinajstić information content (AvgIpc) is 2.83. The molecule has 2 unspecified atom stereocenters. The molecule has 0 aliphatic heterocycles. The Kier molecular flexibility index (Phi) is 36.2. The summed E-state index contributed by atoms with van der Waals surface area (Å²) in [5, 5.41) is 0. The molecule has 0 aromatic rings. The van der Waals surface area contributed by atoms with E-state index in [4.69, 9.17) is 24.0 Å². The Hall–Kier alpha value is 0.0300. The lowest BCUT2D eigenvalue weighted by molar-refractivity contribution is 0.0630. The highest BCUT2D eigenvalue weighted by Gasteiger charge is 2.09. The van der Waals surface area contributed by atoms with Gasteiger partial charge < -0.3 is 24.3 Å². The first-order chi connectivity index (χ1) is 17.5. The number of unbranched alkanes of at least 4 members (excludes halogenated alkanes) is 11. The second kappa shape index (κ2) is 32.2. The molecule has 0 saturated heterocycles. The normalized spacial score (nSPS) is 12.9. The fourth-order valence-corrected chi connectivity index (χ4v) is 4.11. The SMILES string of the molecule is CCCCC(CC)COCC(CC)CCCC.CCCCCCCCCCCCN(C)C.O=P(O)(O)O. The highest BCUT2D eigenvalue weighted by atomic mass is 31.2. The van der Waals surface area contributed by atoms with Gasteiger partial charge in [0, 0.05) is 13.2 Å². The minimum absolute atomic E-state index is 0.790. The molecule has 2 atom stereocenters. The molecule has 0 radical (unpaired) electrons. The number of ether oxygens (including phenoxy) is 1. The molecule has 0 heterocycles. The van der Waals surface area contributed by atoms with Crippen LogP contribution in [0.2, 0.25) is 0 Å². The van der Waals surface area contributed by atoms with Gasteiger partial charge in [0.2, 0.25) is 0 Å². The molecule has 0 fully saturated rings. The fourth-order valence-electron chi connectivity index (χ4n) is 4.11. The monoisotopic (exact) mass is 553 g/mol. The average molecular weight is 554 g/mol. The fraction of sp³-hybridized carbons (Fsp3) is 1.00.